The summed E-state index contributed by atoms with van der Waals surface area (Å²) in [6, 6.07) is 2.27. The van der Waals surface area contributed by atoms with Gasteiger partial charge in [0.1, 0.15) is 11.3 Å². The maximum atomic E-state index is 12.2. The fourth-order valence-corrected chi connectivity index (χ4v) is 1.32. The Hall–Kier alpha value is -0.990. The number of hydrogen-bond acceptors (Lipinski definition) is 2. The smallest absolute Gasteiger partial charge is 0.416 e. The number of rotatable bonds is 2. The second-order valence-electron chi connectivity index (χ2n) is 2.59. The normalized spacial score (nSPS) is 11.2. The van der Waals surface area contributed by atoms with E-state index >= 15 is 0 Å². The Morgan fingerprint density at radius 2 is 2.00 bits per heavy atom. The largest absolute Gasteiger partial charge is 0.478 e. The maximum absolute atomic E-state index is 12.2. The van der Waals surface area contributed by atoms with Gasteiger partial charge in [-0.2, -0.15) is 13.2 Å². The number of hydrogen-bond donors (Lipinski definition) is 1. The molecule has 15 heavy (non-hydrogen) atoms. The second-order valence-corrected chi connectivity index (χ2v) is 3.03. The van der Waals surface area contributed by atoms with Gasteiger partial charge in [-0.05, 0) is 18.2 Å². The summed E-state index contributed by atoms with van der Waals surface area (Å²) < 4.78 is 41.3. The second kappa shape index (κ2) is 4.25. The van der Waals surface area contributed by atoms with Crippen LogP contribution in [0.5, 0.6) is 5.75 Å². The molecular weight excluding hydrogens is 328 g/mol. The van der Waals surface area contributed by atoms with E-state index in [0.29, 0.717) is 6.07 Å². The minimum atomic E-state index is -4.56. The van der Waals surface area contributed by atoms with E-state index in [4.69, 9.17) is 5.11 Å². The molecule has 0 atom stereocenters. The molecule has 0 saturated carbocycles. The molecule has 1 aromatic carbocycles. The molecule has 0 aliphatic carbocycles. The lowest BCUT2D eigenvalue weighted by Crippen LogP contribution is -2.08. The van der Waals surface area contributed by atoms with Crippen LogP contribution in [-0.2, 0) is 6.18 Å². The molecule has 0 radical (unpaired) electrons. The Balaban J connectivity index is 3.28. The van der Waals surface area contributed by atoms with Crippen molar-refractivity contribution in [3.05, 3.63) is 29.3 Å². The van der Waals surface area contributed by atoms with Gasteiger partial charge in [0.2, 0.25) is 0 Å². The summed E-state index contributed by atoms with van der Waals surface area (Å²) >= 11 is 1.40. The molecule has 0 heterocycles. The number of carboxylic acids is 1. The zero-order valence-electron chi connectivity index (χ0n) is 7.01. The lowest BCUT2D eigenvalue weighted by molar-refractivity contribution is -0.137. The van der Waals surface area contributed by atoms with Crippen LogP contribution >= 0.6 is 23.0 Å². The summed E-state index contributed by atoms with van der Waals surface area (Å²) in [4.78, 5) is 10.6. The van der Waals surface area contributed by atoms with E-state index in [1.165, 1.54) is 23.0 Å². The zero-order valence-corrected chi connectivity index (χ0v) is 9.17. The van der Waals surface area contributed by atoms with E-state index < -0.39 is 23.3 Å². The number of alkyl halides is 3. The first kappa shape index (κ1) is 12.1. The molecule has 0 aromatic heterocycles. The number of carbonyl (C=O) groups is 1. The van der Waals surface area contributed by atoms with Crippen LogP contribution < -0.4 is 3.07 Å². The van der Waals surface area contributed by atoms with Crippen molar-refractivity contribution < 1.29 is 26.1 Å². The van der Waals surface area contributed by atoms with Gasteiger partial charge in [0, 0.05) is 0 Å². The third kappa shape index (κ3) is 2.74. The molecule has 1 N–H and O–H groups in total. The van der Waals surface area contributed by atoms with E-state index in [9.17, 15) is 18.0 Å². The van der Waals surface area contributed by atoms with Crippen LogP contribution in [0.25, 0.3) is 0 Å². The minimum absolute atomic E-state index is 0.115. The van der Waals surface area contributed by atoms with Gasteiger partial charge >= 0.3 is 12.1 Å². The molecule has 1 aromatic rings. The number of halogens is 4. The fraction of sp³-hybridized carbons (Fsp3) is 0.125. The number of benzene rings is 1. The van der Waals surface area contributed by atoms with Crippen molar-refractivity contribution in [2.75, 3.05) is 0 Å². The van der Waals surface area contributed by atoms with Crippen LogP contribution in [0.15, 0.2) is 18.2 Å². The number of carboxylic acid groups (broad SMARTS) is 1. The van der Waals surface area contributed by atoms with Gasteiger partial charge in [0.05, 0.1) is 5.56 Å². The summed E-state index contributed by atoms with van der Waals surface area (Å²) in [5.41, 5.74) is -1.53. The van der Waals surface area contributed by atoms with Gasteiger partial charge in [-0.3, -0.25) is 0 Å². The van der Waals surface area contributed by atoms with E-state index in [2.05, 4.69) is 3.07 Å². The Morgan fingerprint density at radius 3 is 2.40 bits per heavy atom. The summed E-state index contributed by atoms with van der Waals surface area (Å²) in [6.45, 7) is 0. The van der Waals surface area contributed by atoms with Gasteiger partial charge in [-0.15, -0.1) is 0 Å². The molecule has 0 aliphatic rings. The molecule has 0 bridgehead atoms. The van der Waals surface area contributed by atoms with Gasteiger partial charge < -0.3 is 8.17 Å². The molecule has 1 rings (SSSR count). The summed E-state index contributed by atoms with van der Waals surface area (Å²) in [5.74, 6) is -1.58. The van der Waals surface area contributed by atoms with Gasteiger partial charge in [-0.25, -0.2) is 4.79 Å². The highest BCUT2D eigenvalue weighted by Gasteiger charge is 2.32. The predicted octanol–water partition coefficient (Wildman–Crippen LogP) is 3.13. The van der Waals surface area contributed by atoms with Crippen LogP contribution in [-0.4, -0.2) is 11.1 Å². The fourth-order valence-electron chi connectivity index (χ4n) is 0.941. The van der Waals surface area contributed by atoms with Crippen LogP contribution in [0.1, 0.15) is 15.9 Å². The topological polar surface area (TPSA) is 46.5 Å². The SMILES string of the molecule is O=C(O)c1cc(C(F)(F)F)ccc1OI. The van der Waals surface area contributed by atoms with Crippen molar-refractivity contribution in [3.63, 3.8) is 0 Å². The molecule has 0 unspecified atom stereocenters. The Bertz CT molecular complexity index is 389. The molecule has 0 saturated heterocycles. The third-order valence-corrected chi connectivity index (χ3v) is 2.09. The summed E-state index contributed by atoms with van der Waals surface area (Å²) in [6.07, 6.45) is -4.56. The van der Waals surface area contributed by atoms with Crippen molar-refractivity contribution in [2.24, 2.45) is 0 Å². The molecular formula is C8H4F3IO3. The molecule has 3 nitrogen and oxygen atoms in total. The Labute approximate surface area is 96.5 Å². The Morgan fingerprint density at radius 1 is 1.40 bits per heavy atom. The van der Waals surface area contributed by atoms with Crippen molar-refractivity contribution in [1.82, 2.24) is 0 Å². The molecule has 0 fully saturated rings. The van der Waals surface area contributed by atoms with Crippen LogP contribution in [0.3, 0.4) is 0 Å². The first-order valence-electron chi connectivity index (χ1n) is 3.59. The highest BCUT2D eigenvalue weighted by Crippen LogP contribution is 2.32. The zero-order chi connectivity index (χ0) is 11.6. The number of aromatic carboxylic acids is 1. The molecule has 82 valence electrons. The average molecular weight is 332 g/mol. The van der Waals surface area contributed by atoms with Crippen LogP contribution in [0.2, 0.25) is 0 Å². The first-order chi connectivity index (χ1) is 6.86. The lowest BCUT2D eigenvalue weighted by atomic mass is 10.1. The predicted molar refractivity (Wildman–Crippen MR) is 53.1 cm³/mol. The van der Waals surface area contributed by atoms with E-state index in [1.807, 2.05) is 0 Å². The Kier molecular flexibility index (Phi) is 3.42. The first-order valence-corrected chi connectivity index (χ1v) is 4.47. The van der Waals surface area contributed by atoms with Gasteiger partial charge in [0.25, 0.3) is 0 Å². The van der Waals surface area contributed by atoms with Crippen molar-refractivity contribution in [2.45, 2.75) is 6.18 Å². The third-order valence-electron chi connectivity index (χ3n) is 1.62. The van der Waals surface area contributed by atoms with Gasteiger partial charge in [-0.1, -0.05) is 0 Å². The lowest BCUT2D eigenvalue weighted by Gasteiger charge is -2.09. The molecule has 0 aliphatic heterocycles. The highest BCUT2D eigenvalue weighted by atomic mass is 127. The highest BCUT2D eigenvalue weighted by molar-refractivity contribution is 14.1. The molecule has 0 amide bonds. The molecule has 0 spiro atoms. The van der Waals surface area contributed by atoms with E-state index in [1.54, 1.807) is 0 Å². The maximum Gasteiger partial charge on any atom is 0.416 e. The standard InChI is InChI=1S/C8H4F3IO3/c9-8(10,11)4-1-2-6(15-12)5(3-4)7(13)14/h1-3H,(H,13,14). The van der Waals surface area contributed by atoms with Crippen LogP contribution in [0, 0.1) is 0 Å². The monoisotopic (exact) mass is 332 g/mol. The van der Waals surface area contributed by atoms with Crippen LogP contribution in [0.4, 0.5) is 13.2 Å². The van der Waals surface area contributed by atoms with Crippen molar-refractivity contribution in [3.8, 4) is 5.75 Å². The van der Waals surface area contributed by atoms with Crippen molar-refractivity contribution >= 4 is 29.0 Å². The van der Waals surface area contributed by atoms with E-state index in [-0.39, 0.29) is 5.75 Å². The summed E-state index contributed by atoms with van der Waals surface area (Å²) in [5, 5.41) is 8.64. The molecule has 7 heteroatoms. The van der Waals surface area contributed by atoms with E-state index in [0.717, 1.165) is 12.1 Å². The average Bonchev–Trinajstić information content (AvgIpc) is 2.15. The quantitative estimate of drug-likeness (QED) is 0.847. The minimum Gasteiger partial charge on any atom is -0.478 e. The van der Waals surface area contributed by atoms with Crippen molar-refractivity contribution in [1.29, 1.82) is 0 Å². The van der Waals surface area contributed by atoms with Gasteiger partial charge in [0.15, 0.2) is 23.0 Å². The summed E-state index contributed by atoms with van der Waals surface area (Å²) in [7, 11) is 0.